The van der Waals surface area contributed by atoms with Crippen molar-refractivity contribution in [1.82, 2.24) is 4.90 Å². The van der Waals surface area contributed by atoms with Crippen LogP contribution in [0.3, 0.4) is 0 Å². The highest BCUT2D eigenvalue weighted by Crippen LogP contribution is 2.27. The maximum absolute atomic E-state index is 12.2. The molecule has 4 heteroatoms. The number of rotatable bonds is 2. The zero-order valence-corrected chi connectivity index (χ0v) is 11.1. The Bertz CT molecular complexity index is 437. The van der Waals surface area contributed by atoms with Gasteiger partial charge in [-0.3, -0.25) is 4.79 Å². The Balaban J connectivity index is 2.36. The van der Waals surface area contributed by atoms with E-state index in [1.54, 1.807) is 25.1 Å². The van der Waals surface area contributed by atoms with Crippen LogP contribution in [-0.2, 0) is 0 Å². The van der Waals surface area contributed by atoms with Gasteiger partial charge < -0.3 is 15.5 Å². The van der Waals surface area contributed by atoms with Crippen molar-refractivity contribution < 1.29 is 4.79 Å². The van der Waals surface area contributed by atoms with E-state index >= 15 is 0 Å². The van der Waals surface area contributed by atoms with Gasteiger partial charge in [-0.15, -0.1) is 0 Å². The van der Waals surface area contributed by atoms with Gasteiger partial charge in [-0.1, -0.05) is 0 Å². The van der Waals surface area contributed by atoms with Gasteiger partial charge >= 0.3 is 0 Å². The van der Waals surface area contributed by atoms with Gasteiger partial charge in [-0.2, -0.15) is 0 Å². The van der Waals surface area contributed by atoms with Crippen LogP contribution in [0.2, 0.25) is 0 Å². The van der Waals surface area contributed by atoms with Gasteiger partial charge in [0.1, 0.15) is 0 Å². The van der Waals surface area contributed by atoms with Crippen molar-refractivity contribution in [2.75, 3.05) is 37.8 Å². The molecule has 2 rings (SSSR count). The van der Waals surface area contributed by atoms with Crippen LogP contribution >= 0.6 is 0 Å². The zero-order chi connectivity index (χ0) is 13.1. The molecule has 1 saturated heterocycles. The monoisotopic (exact) mass is 247 g/mol. The van der Waals surface area contributed by atoms with E-state index in [0.29, 0.717) is 5.69 Å². The second-order valence-corrected chi connectivity index (χ2v) is 5.02. The number of carbonyl (C=O) groups is 1. The summed E-state index contributed by atoms with van der Waals surface area (Å²) in [4.78, 5) is 16.1. The summed E-state index contributed by atoms with van der Waals surface area (Å²) in [6, 6.07) is 5.55. The van der Waals surface area contributed by atoms with Crippen molar-refractivity contribution in [3.8, 4) is 0 Å². The number of benzene rings is 1. The van der Waals surface area contributed by atoms with Crippen molar-refractivity contribution in [3.05, 3.63) is 23.8 Å². The summed E-state index contributed by atoms with van der Waals surface area (Å²) in [6.45, 7) is 2.02. The molecule has 1 aromatic carbocycles. The van der Waals surface area contributed by atoms with E-state index in [9.17, 15) is 4.79 Å². The molecule has 0 spiro atoms. The zero-order valence-electron chi connectivity index (χ0n) is 11.1. The summed E-state index contributed by atoms with van der Waals surface area (Å²) in [6.07, 6.45) is 3.64. The van der Waals surface area contributed by atoms with Gasteiger partial charge in [0.2, 0.25) is 0 Å². The summed E-state index contributed by atoms with van der Waals surface area (Å²) in [5, 5.41) is 0. The number of piperidine rings is 1. The lowest BCUT2D eigenvalue weighted by Gasteiger charge is -2.31. The van der Waals surface area contributed by atoms with Gasteiger partial charge in [0.15, 0.2) is 0 Å². The van der Waals surface area contributed by atoms with Crippen LogP contribution < -0.4 is 10.6 Å². The number of hydrogen-bond acceptors (Lipinski definition) is 3. The molecular formula is C14H21N3O. The van der Waals surface area contributed by atoms with Crippen LogP contribution in [0.25, 0.3) is 0 Å². The molecule has 98 valence electrons. The van der Waals surface area contributed by atoms with Crippen molar-refractivity contribution in [3.63, 3.8) is 0 Å². The maximum Gasteiger partial charge on any atom is 0.255 e. The fourth-order valence-corrected chi connectivity index (χ4v) is 2.37. The highest BCUT2D eigenvalue weighted by molar-refractivity contribution is 6.00. The molecule has 18 heavy (non-hydrogen) atoms. The normalized spacial score (nSPS) is 15.6. The largest absolute Gasteiger partial charge is 0.399 e. The van der Waals surface area contributed by atoms with E-state index in [1.165, 1.54) is 19.3 Å². The molecule has 0 atom stereocenters. The van der Waals surface area contributed by atoms with Crippen LogP contribution in [0.15, 0.2) is 18.2 Å². The van der Waals surface area contributed by atoms with Gasteiger partial charge in [0, 0.05) is 32.9 Å². The third kappa shape index (κ3) is 2.58. The fraction of sp³-hybridized carbons (Fsp3) is 0.500. The molecule has 1 aromatic rings. The van der Waals surface area contributed by atoms with Gasteiger partial charge in [0.05, 0.1) is 11.3 Å². The Kier molecular flexibility index (Phi) is 3.75. The lowest BCUT2D eigenvalue weighted by molar-refractivity contribution is 0.0828. The summed E-state index contributed by atoms with van der Waals surface area (Å²) in [5.41, 5.74) is 8.30. The van der Waals surface area contributed by atoms with E-state index in [-0.39, 0.29) is 5.91 Å². The molecule has 0 aliphatic carbocycles. The Morgan fingerprint density at radius 3 is 2.50 bits per heavy atom. The number of amides is 1. The van der Waals surface area contributed by atoms with Gasteiger partial charge in [-0.25, -0.2) is 0 Å². The first-order chi connectivity index (χ1) is 8.59. The Morgan fingerprint density at radius 1 is 1.22 bits per heavy atom. The topological polar surface area (TPSA) is 49.6 Å². The number of anilines is 2. The summed E-state index contributed by atoms with van der Waals surface area (Å²) >= 11 is 0. The molecule has 1 aliphatic heterocycles. The first-order valence-corrected chi connectivity index (χ1v) is 6.45. The first-order valence-electron chi connectivity index (χ1n) is 6.45. The molecule has 1 amide bonds. The van der Waals surface area contributed by atoms with Crippen molar-refractivity contribution in [2.24, 2.45) is 0 Å². The standard InChI is InChI=1S/C14H21N3O/c1-16(2)14(18)12-7-6-11(15)10-13(12)17-8-4-3-5-9-17/h6-7,10H,3-5,8-9,15H2,1-2H3. The van der Waals surface area contributed by atoms with Crippen LogP contribution in [0.1, 0.15) is 29.6 Å². The molecule has 0 saturated carbocycles. The summed E-state index contributed by atoms with van der Waals surface area (Å²) in [5.74, 6) is 0.0376. The number of nitrogen functional groups attached to an aromatic ring is 1. The fourth-order valence-electron chi connectivity index (χ4n) is 2.37. The van der Waals surface area contributed by atoms with E-state index in [2.05, 4.69) is 4.90 Å². The average Bonchev–Trinajstić information content (AvgIpc) is 2.39. The molecule has 4 nitrogen and oxygen atoms in total. The molecule has 0 radical (unpaired) electrons. The van der Waals surface area contributed by atoms with Crippen LogP contribution in [-0.4, -0.2) is 38.0 Å². The lowest BCUT2D eigenvalue weighted by atomic mass is 10.1. The highest BCUT2D eigenvalue weighted by atomic mass is 16.2. The van der Waals surface area contributed by atoms with Crippen molar-refractivity contribution in [2.45, 2.75) is 19.3 Å². The molecule has 0 unspecified atom stereocenters. The number of hydrogen-bond donors (Lipinski definition) is 1. The second-order valence-electron chi connectivity index (χ2n) is 5.02. The highest BCUT2D eigenvalue weighted by Gasteiger charge is 2.19. The van der Waals surface area contributed by atoms with Crippen LogP contribution in [0.4, 0.5) is 11.4 Å². The molecular weight excluding hydrogens is 226 g/mol. The maximum atomic E-state index is 12.2. The predicted molar refractivity (Wildman–Crippen MR) is 74.9 cm³/mol. The number of carbonyl (C=O) groups excluding carboxylic acids is 1. The van der Waals surface area contributed by atoms with Crippen LogP contribution in [0, 0.1) is 0 Å². The second kappa shape index (κ2) is 5.29. The number of nitrogens with two attached hydrogens (primary N) is 1. The van der Waals surface area contributed by atoms with Crippen LogP contribution in [0.5, 0.6) is 0 Å². The minimum Gasteiger partial charge on any atom is -0.399 e. The van der Waals surface area contributed by atoms with Crippen molar-refractivity contribution in [1.29, 1.82) is 0 Å². The third-order valence-corrected chi connectivity index (χ3v) is 3.36. The van der Waals surface area contributed by atoms with E-state index in [4.69, 9.17) is 5.73 Å². The molecule has 1 fully saturated rings. The molecule has 2 N–H and O–H groups in total. The molecule has 0 aromatic heterocycles. The minimum atomic E-state index is 0.0376. The average molecular weight is 247 g/mol. The Morgan fingerprint density at radius 2 is 1.89 bits per heavy atom. The van der Waals surface area contributed by atoms with Gasteiger partial charge in [0.25, 0.3) is 5.91 Å². The quantitative estimate of drug-likeness (QED) is 0.813. The van der Waals surface area contributed by atoms with E-state index < -0.39 is 0 Å². The summed E-state index contributed by atoms with van der Waals surface area (Å²) < 4.78 is 0. The molecule has 1 heterocycles. The molecule has 0 bridgehead atoms. The molecule has 1 aliphatic rings. The lowest BCUT2D eigenvalue weighted by Crippen LogP contribution is -2.32. The van der Waals surface area contributed by atoms with Gasteiger partial charge in [-0.05, 0) is 37.5 Å². The Labute approximate surface area is 108 Å². The Hall–Kier alpha value is -1.71. The number of nitrogens with zero attached hydrogens (tertiary/aromatic N) is 2. The SMILES string of the molecule is CN(C)C(=O)c1ccc(N)cc1N1CCCCC1. The first kappa shape index (κ1) is 12.7. The predicted octanol–water partition coefficient (Wildman–Crippen LogP) is 1.96. The third-order valence-electron chi connectivity index (χ3n) is 3.36. The minimum absolute atomic E-state index is 0.0376. The smallest absolute Gasteiger partial charge is 0.255 e. The van der Waals surface area contributed by atoms with Crippen molar-refractivity contribution >= 4 is 17.3 Å². The summed E-state index contributed by atoms with van der Waals surface area (Å²) in [7, 11) is 3.55. The van der Waals surface area contributed by atoms with E-state index in [0.717, 1.165) is 24.3 Å². The van der Waals surface area contributed by atoms with E-state index in [1.807, 2.05) is 12.1 Å².